The second-order valence-corrected chi connectivity index (χ2v) is 6.71. The van der Waals surface area contributed by atoms with Crippen molar-refractivity contribution >= 4 is 0 Å². The maximum Gasteiger partial charge on any atom is 0.126 e. The molecule has 2 heteroatoms. The highest BCUT2D eigenvalue weighted by Gasteiger charge is 2.34. The zero-order valence-electron chi connectivity index (χ0n) is 12.4. The van der Waals surface area contributed by atoms with Crippen LogP contribution < -0.4 is 5.73 Å². The first-order valence-electron chi connectivity index (χ1n) is 7.46. The molecule has 2 rings (SSSR count). The van der Waals surface area contributed by atoms with Gasteiger partial charge in [0.2, 0.25) is 0 Å². The van der Waals surface area contributed by atoms with Crippen molar-refractivity contribution in [1.29, 1.82) is 0 Å². The molecule has 1 fully saturated rings. The summed E-state index contributed by atoms with van der Waals surface area (Å²) in [6, 6.07) is 5.51. The summed E-state index contributed by atoms with van der Waals surface area (Å²) >= 11 is 0. The van der Waals surface area contributed by atoms with Gasteiger partial charge in [-0.25, -0.2) is 4.39 Å². The summed E-state index contributed by atoms with van der Waals surface area (Å²) in [5.41, 5.74) is 7.94. The van der Waals surface area contributed by atoms with E-state index in [4.69, 9.17) is 5.73 Å². The zero-order valence-corrected chi connectivity index (χ0v) is 12.4. The average molecular weight is 263 g/mol. The fourth-order valence-corrected chi connectivity index (χ4v) is 3.46. The van der Waals surface area contributed by atoms with Crippen molar-refractivity contribution < 1.29 is 4.39 Å². The molecule has 2 N–H and O–H groups in total. The molecule has 2 unspecified atom stereocenters. The highest BCUT2D eigenvalue weighted by Crippen LogP contribution is 2.40. The van der Waals surface area contributed by atoms with E-state index in [0.717, 1.165) is 24.8 Å². The van der Waals surface area contributed by atoms with Gasteiger partial charge >= 0.3 is 0 Å². The van der Waals surface area contributed by atoms with Crippen LogP contribution in [-0.4, -0.2) is 0 Å². The van der Waals surface area contributed by atoms with E-state index in [1.807, 2.05) is 12.1 Å². The van der Waals surface area contributed by atoms with Crippen molar-refractivity contribution in [3.63, 3.8) is 0 Å². The monoisotopic (exact) mass is 263 g/mol. The van der Waals surface area contributed by atoms with E-state index in [1.54, 1.807) is 13.0 Å². The highest BCUT2D eigenvalue weighted by molar-refractivity contribution is 5.29. The Morgan fingerprint density at radius 2 is 2.16 bits per heavy atom. The Hall–Kier alpha value is -0.890. The minimum Gasteiger partial charge on any atom is -0.321 e. The lowest BCUT2D eigenvalue weighted by Gasteiger charge is -2.39. The third-order valence-corrected chi connectivity index (χ3v) is 4.44. The van der Waals surface area contributed by atoms with Crippen LogP contribution in [0.3, 0.4) is 0 Å². The Morgan fingerprint density at radius 3 is 2.79 bits per heavy atom. The molecular formula is C17H26FN. The lowest BCUT2D eigenvalue weighted by atomic mass is 9.70. The molecule has 1 nitrogen and oxygen atoms in total. The lowest BCUT2D eigenvalue weighted by Crippen LogP contribution is -2.41. The van der Waals surface area contributed by atoms with Gasteiger partial charge in [0.25, 0.3) is 0 Å². The molecule has 106 valence electrons. The minimum atomic E-state index is -0.327. The Bertz CT molecular complexity index is 441. The molecule has 2 atom stereocenters. The van der Waals surface area contributed by atoms with Crippen molar-refractivity contribution in [1.82, 2.24) is 0 Å². The van der Waals surface area contributed by atoms with Gasteiger partial charge in [0.05, 0.1) is 0 Å². The van der Waals surface area contributed by atoms with Crippen molar-refractivity contribution in [3.05, 3.63) is 35.1 Å². The molecule has 19 heavy (non-hydrogen) atoms. The quantitative estimate of drug-likeness (QED) is 0.852. The second-order valence-electron chi connectivity index (χ2n) is 6.71. The van der Waals surface area contributed by atoms with Gasteiger partial charge in [-0.1, -0.05) is 38.8 Å². The van der Waals surface area contributed by atoms with Gasteiger partial charge in [0.15, 0.2) is 0 Å². The second kappa shape index (κ2) is 5.62. The van der Waals surface area contributed by atoms with Crippen molar-refractivity contribution in [2.24, 2.45) is 17.6 Å². The van der Waals surface area contributed by atoms with Gasteiger partial charge in [-0.05, 0) is 55.2 Å². The molecule has 0 bridgehead atoms. The molecule has 0 radical (unpaired) electrons. The van der Waals surface area contributed by atoms with E-state index in [0.29, 0.717) is 17.4 Å². The maximum atomic E-state index is 13.8. The fourth-order valence-electron chi connectivity index (χ4n) is 3.46. The molecule has 0 aromatic heterocycles. The van der Waals surface area contributed by atoms with Crippen LogP contribution >= 0.6 is 0 Å². The predicted octanol–water partition coefficient (Wildman–Crippen LogP) is 4.52. The van der Waals surface area contributed by atoms with Crippen LogP contribution in [0.15, 0.2) is 18.2 Å². The number of benzene rings is 1. The van der Waals surface area contributed by atoms with E-state index >= 15 is 0 Å². The summed E-state index contributed by atoms with van der Waals surface area (Å²) in [5.74, 6) is 1.26. The Labute approximate surface area is 116 Å². The Kier molecular flexibility index (Phi) is 4.29. The first kappa shape index (κ1) is 14.5. The molecule has 0 heterocycles. The Morgan fingerprint density at radius 1 is 1.42 bits per heavy atom. The fraction of sp³-hybridized carbons (Fsp3) is 0.647. The predicted molar refractivity (Wildman–Crippen MR) is 78.4 cm³/mol. The lowest BCUT2D eigenvalue weighted by molar-refractivity contribution is 0.202. The van der Waals surface area contributed by atoms with Gasteiger partial charge in [0.1, 0.15) is 5.82 Å². The van der Waals surface area contributed by atoms with Crippen LogP contribution in [0.2, 0.25) is 0 Å². The van der Waals surface area contributed by atoms with Gasteiger partial charge in [-0.15, -0.1) is 0 Å². The van der Waals surface area contributed by atoms with E-state index in [9.17, 15) is 4.39 Å². The number of halogens is 1. The topological polar surface area (TPSA) is 26.0 Å². The first-order chi connectivity index (χ1) is 8.90. The minimum absolute atomic E-state index is 0.131. The molecule has 1 aliphatic carbocycles. The van der Waals surface area contributed by atoms with Gasteiger partial charge < -0.3 is 5.73 Å². The summed E-state index contributed by atoms with van der Waals surface area (Å²) < 4.78 is 13.8. The van der Waals surface area contributed by atoms with Crippen LogP contribution in [0.1, 0.15) is 57.1 Å². The molecule has 0 amide bonds. The summed E-state index contributed by atoms with van der Waals surface area (Å²) in [6.07, 6.45) is 5.62. The van der Waals surface area contributed by atoms with Crippen molar-refractivity contribution in [3.8, 4) is 0 Å². The number of hydrogen-bond donors (Lipinski definition) is 1. The summed E-state index contributed by atoms with van der Waals surface area (Å²) in [7, 11) is 0. The van der Waals surface area contributed by atoms with Crippen LogP contribution in [-0.2, 0) is 5.54 Å². The van der Waals surface area contributed by atoms with Crippen molar-refractivity contribution in [2.45, 2.75) is 58.4 Å². The summed E-state index contributed by atoms with van der Waals surface area (Å²) in [6.45, 7) is 6.32. The highest BCUT2D eigenvalue weighted by atomic mass is 19.1. The Balaban J connectivity index is 2.18. The zero-order chi connectivity index (χ0) is 14.0. The van der Waals surface area contributed by atoms with Crippen LogP contribution in [0.25, 0.3) is 0 Å². The molecule has 1 aromatic carbocycles. The summed E-state index contributed by atoms with van der Waals surface area (Å²) in [5, 5.41) is 0. The number of aryl methyl sites for hydroxylation is 1. The third-order valence-electron chi connectivity index (χ3n) is 4.44. The van der Waals surface area contributed by atoms with E-state index in [2.05, 4.69) is 13.8 Å². The largest absolute Gasteiger partial charge is 0.321 e. The number of rotatable bonds is 3. The van der Waals surface area contributed by atoms with E-state index < -0.39 is 0 Å². The smallest absolute Gasteiger partial charge is 0.126 e. The van der Waals surface area contributed by atoms with E-state index in [1.165, 1.54) is 12.8 Å². The third kappa shape index (κ3) is 3.36. The molecule has 0 aliphatic heterocycles. The van der Waals surface area contributed by atoms with E-state index in [-0.39, 0.29) is 11.4 Å². The van der Waals surface area contributed by atoms with Crippen LogP contribution in [0.4, 0.5) is 4.39 Å². The maximum absolute atomic E-state index is 13.8. The summed E-state index contributed by atoms with van der Waals surface area (Å²) in [4.78, 5) is 0. The SMILES string of the molecule is Cc1ccc(C2(N)CCCC(CC(C)C)C2)cc1F. The van der Waals surface area contributed by atoms with Crippen LogP contribution in [0, 0.1) is 24.6 Å². The normalized spacial score (nSPS) is 27.8. The number of nitrogens with two attached hydrogens (primary N) is 1. The average Bonchev–Trinajstić information content (AvgIpc) is 2.31. The standard InChI is InChI=1S/C17H26FN/c1-12(2)9-14-5-4-8-17(19,11-14)15-7-6-13(3)16(18)10-15/h6-7,10,12,14H,4-5,8-9,11,19H2,1-3H3. The van der Waals surface area contributed by atoms with Gasteiger partial charge in [-0.3, -0.25) is 0 Å². The van der Waals surface area contributed by atoms with Gasteiger partial charge in [-0.2, -0.15) is 0 Å². The molecular weight excluding hydrogens is 237 g/mol. The molecule has 1 aliphatic rings. The first-order valence-corrected chi connectivity index (χ1v) is 7.46. The van der Waals surface area contributed by atoms with Crippen molar-refractivity contribution in [2.75, 3.05) is 0 Å². The molecule has 0 spiro atoms. The molecule has 1 aromatic rings. The van der Waals surface area contributed by atoms with Crippen LogP contribution in [0.5, 0.6) is 0 Å². The van der Waals surface area contributed by atoms with Gasteiger partial charge in [0, 0.05) is 5.54 Å². The molecule has 0 saturated heterocycles. The molecule has 1 saturated carbocycles. The number of hydrogen-bond acceptors (Lipinski definition) is 1.